The monoisotopic (exact) mass is 440 g/mol. The smallest absolute Gasteiger partial charge is 0.160 e. The van der Waals surface area contributed by atoms with Crippen LogP contribution in [0.3, 0.4) is 0 Å². The number of hydrogen-bond donors (Lipinski definition) is 0. The Hall–Kier alpha value is -2.04. The number of benzene rings is 2. The van der Waals surface area contributed by atoms with Crippen LogP contribution in [0.25, 0.3) is 11.1 Å². The fourth-order valence-electron chi connectivity index (χ4n) is 5.01. The molecule has 2 aromatic rings. The molecule has 0 atom stereocenters. The van der Waals surface area contributed by atoms with Crippen molar-refractivity contribution >= 4 is 0 Å². The second kappa shape index (κ2) is 11.2. The molecule has 2 aliphatic rings. The van der Waals surface area contributed by atoms with Crippen LogP contribution in [0.5, 0.6) is 0 Å². The Kier molecular flexibility index (Phi) is 8.10. The van der Waals surface area contributed by atoms with E-state index in [1.807, 2.05) is 18.2 Å². The number of rotatable bonds is 8. The average molecular weight is 441 g/mol. The quantitative estimate of drug-likeness (QED) is 0.400. The number of hydrogen-bond acceptors (Lipinski definition) is 2. The molecule has 1 aliphatic heterocycles. The van der Waals surface area contributed by atoms with Gasteiger partial charge in [0.2, 0.25) is 0 Å². The van der Waals surface area contributed by atoms with E-state index in [4.69, 9.17) is 9.47 Å². The molecule has 0 unspecified atom stereocenters. The number of allylic oxidation sites excluding steroid dienone is 1. The molecule has 1 saturated carbocycles. The zero-order valence-corrected chi connectivity index (χ0v) is 18.8. The zero-order valence-electron chi connectivity index (χ0n) is 18.8. The summed E-state index contributed by atoms with van der Waals surface area (Å²) in [5.74, 6) is 0.172. The summed E-state index contributed by atoms with van der Waals surface area (Å²) in [5.41, 5.74) is 2.91. The summed E-state index contributed by atoms with van der Waals surface area (Å²) in [6.45, 7) is 5.43. The molecule has 172 valence electrons. The van der Waals surface area contributed by atoms with Crippen molar-refractivity contribution in [2.45, 2.75) is 57.7 Å². The molecule has 2 nitrogen and oxygen atoms in total. The van der Waals surface area contributed by atoms with E-state index in [-0.39, 0.29) is 6.29 Å². The van der Waals surface area contributed by atoms with E-state index >= 15 is 0 Å². The third kappa shape index (κ3) is 6.05. The molecule has 4 rings (SSSR count). The van der Waals surface area contributed by atoms with Crippen molar-refractivity contribution in [1.29, 1.82) is 0 Å². The summed E-state index contributed by atoms with van der Waals surface area (Å²) < 4.78 is 38.7. The molecule has 0 spiro atoms. The molecule has 1 aliphatic carbocycles. The lowest BCUT2D eigenvalue weighted by molar-refractivity contribution is -0.229. The minimum absolute atomic E-state index is 0.0141. The maximum Gasteiger partial charge on any atom is 0.160 e. The van der Waals surface area contributed by atoms with Crippen LogP contribution in [0.1, 0.15) is 50.5 Å². The molecule has 2 aromatic carbocycles. The average Bonchev–Trinajstić information content (AvgIpc) is 2.84. The van der Waals surface area contributed by atoms with Crippen molar-refractivity contribution in [1.82, 2.24) is 0 Å². The number of aryl methyl sites for hydroxylation is 1. The summed E-state index contributed by atoms with van der Waals surface area (Å²) in [4.78, 5) is 0. The Balaban J connectivity index is 1.19. The Morgan fingerprint density at radius 3 is 2.16 bits per heavy atom. The first-order valence-electron chi connectivity index (χ1n) is 12.0. The molecule has 0 radical (unpaired) electrons. The molecule has 0 N–H and O–H groups in total. The van der Waals surface area contributed by atoms with Gasteiger partial charge < -0.3 is 9.47 Å². The van der Waals surface area contributed by atoms with E-state index in [0.29, 0.717) is 17.4 Å². The molecule has 1 heterocycles. The van der Waals surface area contributed by atoms with E-state index in [9.17, 15) is 8.78 Å². The largest absolute Gasteiger partial charge is 0.352 e. The van der Waals surface area contributed by atoms with Gasteiger partial charge in [-0.25, -0.2) is 8.78 Å². The Labute approximate surface area is 190 Å². The molecule has 32 heavy (non-hydrogen) atoms. The van der Waals surface area contributed by atoms with Gasteiger partial charge in [-0.15, -0.1) is 6.58 Å². The van der Waals surface area contributed by atoms with Crippen molar-refractivity contribution in [3.63, 3.8) is 0 Å². The van der Waals surface area contributed by atoms with Crippen molar-refractivity contribution in [3.8, 4) is 11.1 Å². The first kappa shape index (κ1) is 23.1. The number of halogens is 2. The fourth-order valence-corrected chi connectivity index (χ4v) is 5.01. The van der Waals surface area contributed by atoms with E-state index in [0.717, 1.165) is 44.0 Å². The van der Waals surface area contributed by atoms with Crippen LogP contribution in [-0.4, -0.2) is 19.5 Å². The molecule has 0 bridgehead atoms. The SMILES string of the molecule is C=CCC[C@H]1CO[C@H]([C@H]2CC[C@H](CCc3ccc(-c4ccc(F)c(F)c4)cc3)CC2)OC1. The summed E-state index contributed by atoms with van der Waals surface area (Å²) >= 11 is 0. The maximum atomic E-state index is 13.5. The van der Waals surface area contributed by atoms with Crippen molar-refractivity contribution in [2.24, 2.45) is 17.8 Å². The molecule has 1 saturated heterocycles. The zero-order chi connectivity index (χ0) is 22.3. The Morgan fingerprint density at radius 1 is 0.812 bits per heavy atom. The van der Waals surface area contributed by atoms with Gasteiger partial charge in [0.25, 0.3) is 0 Å². The van der Waals surface area contributed by atoms with E-state index in [2.05, 4.69) is 18.7 Å². The predicted octanol–water partition coefficient (Wildman–Crippen LogP) is 7.33. The van der Waals surface area contributed by atoms with Gasteiger partial charge in [0.15, 0.2) is 17.9 Å². The van der Waals surface area contributed by atoms with E-state index in [1.165, 1.54) is 49.8 Å². The molecule has 0 amide bonds. The normalized spacial score (nSPS) is 26.1. The summed E-state index contributed by atoms with van der Waals surface area (Å²) in [7, 11) is 0. The van der Waals surface area contributed by atoms with Crippen molar-refractivity contribution < 1.29 is 18.3 Å². The van der Waals surface area contributed by atoms with Crippen LogP contribution in [0, 0.1) is 29.4 Å². The predicted molar refractivity (Wildman–Crippen MR) is 124 cm³/mol. The van der Waals surface area contributed by atoms with Gasteiger partial charge in [-0.2, -0.15) is 0 Å². The topological polar surface area (TPSA) is 18.5 Å². The molecular weight excluding hydrogens is 406 g/mol. The second-order valence-electron chi connectivity index (χ2n) is 9.41. The lowest BCUT2D eigenvalue weighted by Gasteiger charge is -2.37. The highest BCUT2D eigenvalue weighted by Gasteiger charge is 2.32. The van der Waals surface area contributed by atoms with Gasteiger partial charge in [-0.3, -0.25) is 0 Å². The van der Waals surface area contributed by atoms with E-state index in [1.54, 1.807) is 6.07 Å². The summed E-state index contributed by atoms with van der Waals surface area (Å²) in [6, 6.07) is 12.3. The van der Waals surface area contributed by atoms with Gasteiger partial charge in [0.05, 0.1) is 13.2 Å². The lowest BCUT2D eigenvalue weighted by Crippen LogP contribution is -2.38. The third-order valence-electron chi connectivity index (χ3n) is 7.10. The van der Waals surface area contributed by atoms with Gasteiger partial charge in [-0.1, -0.05) is 36.4 Å². The summed E-state index contributed by atoms with van der Waals surface area (Å²) in [6.07, 6.45) is 11.2. The van der Waals surface area contributed by atoms with Crippen molar-refractivity contribution in [3.05, 3.63) is 72.3 Å². The third-order valence-corrected chi connectivity index (χ3v) is 7.10. The van der Waals surface area contributed by atoms with Crippen LogP contribution >= 0.6 is 0 Å². The van der Waals surface area contributed by atoms with Crippen molar-refractivity contribution in [2.75, 3.05) is 13.2 Å². The van der Waals surface area contributed by atoms with Crippen LogP contribution in [0.4, 0.5) is 8.78 Å². The Morgan fingerprint density at radius 2 is 1.50 bits per heavy atom. The highest BCUT2D eigenvalue weighted by Crippen LogP contribution is 2.36. The molecule has 4 heteroatoms. The highest BCUT2D eigenvalue weighted by molar-refractivity contribution is 5.63. The van der Waals surface area contributed by atoms with Crippen LogP contribution in [0.2, 0.25) is 0 Å². The molecular formula is C28H34F2O2. The second-order valence-corrected chi connectivity index (χ2v) is 9.41. The summed E-state index contributed by atoms with van der Waals surface area (Å²) in [5, 5.41) is 0. The maximum absolute atomic E-state index is 13.5. The van der Waals surface area contributed by atoms with Gasteiger partial charge >= 0.3 is 0 Å². The van der Waals surface area contributed by atoms with Crippen LogP contribution in [-0.2, 0) is 15.9 Å². The van der Waals surface area contributed by atoms with Crippen LogP contribution < -0.4 is 0 Å². The van der Waals surface area contributed by atoms with Gasteiger partial charge in [-0.05, 0) is 86.1 Å². The van der Waals surface area contributed by atoms with E-state index < -0.39 is 11.6 Å². The fraction of sp³-hybridized carbons (Fsp3) is 0.500. The Bertz CT molecular complexity index is 864. The number of ether oxygens (including phenoxy) is 2. The first-order valence-corrected chi connectivity index (χ1v) is 12.0. The minimum Gasteiger partial charge on any atom is -0.352 e. The standard InChI is InChI=1S/C28H34F2O2/c1-2-3-4-22-18-31-28(32-19-22)24-13-9-21(10-14-24)6-5-20-7-11-23(12-8-20)25-15-16-26(29)27(30)17-25/h2,7-8,11-12,15-17,21-22,24,28H,1,3-6,9-10,13-14,18-19H2/t21-,22-,24-,28-. The van der Waals surface area contributed by atoms with Crippen LogP contribution in [0.15, 0.2) is 55.1 Å². The van der Waals surface area contributed by atoms with Gasteiger partial charge in [0.1, 0.15) is 0 Å². The highest BCUT2D eigenvalue weighted by atomic mass is 19.2. The first-order chi connectivity index (χ1) is 15.6. The van der Waals surface area contributed by atoms with Gasteiger partial charge in [0, 0.05) is 11.8 Å². The molecule has 2 fully saturated rings. The molecule has 0 aromatic heterocycles. The minimum atomic E-state index is -0.811. The lowest BCUT2D eigenvalue weighted by atomic mass is 9.79.